The standard InChI is InChI=1S/C24H19Cl2N5OS/c1-16-3-2-4-17(13-16)14-27-28-22(32)15-33-24-30-29-23(18-5-7-19(25)8-6-18)31(24)21-11-9-20(26)10-12-21/h2-14H,15H2,1H3,(H,28,32)/b27-14+. The molecule has 0 radical (unpaired) electrons. The first kappa shape index (κ1) is 23.0. The number of hydrogen-bond donors (Lipinski definition) is 1. The first-order valence-electron chi connectivity index (χ1n) is 9.98. The van der Waals surface area contributed by atoms with Crippen molar-refractivity contribution in [2.24, 2.45) is 5.10 Å². The summed E-state index contributed by atoms with van der Waals surface area (Å²) in [5, 5.41) is 14.5. The highest BCUT2D eigenvalue weighted by molar-refractivity contribution is 7.99. The van der Waals surface area contributed by atoms with Crippen LogP contribution in [0.15, 0.2) is 83.1 Å². The van der Waals surface area contributed by atoms with Crippen LogP contribution in [0, 0.1) is 6.92 Å². The quantitative estimate of drug-likeness (QED) is 0.200. The number of thioether (sulfide) groups is 1. The minimum absolute atomic E-state index is 0.123. The highest BCUT2D eigenvalue weighted by Crippen LogP contribution is 2.29. The number of aromatic nitrogens is 3. The van der Waals surface area contributed by atoms with Crippen LogP contribution in [0.25, 0.3) is 17.1 Å². The van der Waals surface area contributed by atoms with Gasteiger partial charge in [0.05, 0.1) is 12.0 Å². The van der Waals surface area contributed by atoms with Crippen molar-refractivity contribution in [3.8, 4) is 17.1 Å². The molecule has 0 fully saturated rings. The molecule has 33 heavy (non-hydrogen) atoms. The lowest BCUT2D eigenvalue weighted by atomic mass is 10.2. The molecule has 1 N–H and O–H groups in total. The van der Waals surface area contributed by atoms with Crippen LogP contribution >= 0.6 is 35.0 Å². The molecule has 4 rings (SSSR count). The van der Waals surface area contributed by atoms with E-state index in [9.17, 15) is 4.79 Å². The Hall–Kier alpha value is -3.13. The molecule has 3 aromatic carbocycles. The lowest BCUT2D eigenvalue weighted by molar-refractivity contribution is -0.118. The van der Waals surface area contributed by atoms with Gasteiger partial charge >= 0.3 is 0 Å². The number of rotatable bonds is 7. The summed E-state index contributed by atoms with van der Waals surface area (Å²) in [5.41, 5.74) is 6.27. The number of carbonyl (C=O) groups excluding carboxylic acids is 1. The zero-order valence-corrected chi connectivity index (χ0v) is 19.9. The number of nitrogens with zero attached hydrogens (tertiary/aromatic N) is 4. The first-order chi connectivity index (χ1) is 16.0. The van der Waals surface area contributed by atoms with E-state index in [1.807, 2.05) is 60.0 Å². The van der Waals surface area contributed by atoms with Gasteiger partial charge in [-0.2, -0.15) is 5.10 Å². The van der Waals surface area contributed by atoms with E-state index in [0.717, 1.165) is 22.4 Å². The molecule has 0 bridgehead atoms. The summed E-state index contributed by atoms with van der Waals surface area (Å²) in [5.74, 6) is 0.509. The fraction of sp³-hybridized carbons (Fsp3) is 0.0833. The average Bonchev–Trinajstić information content (AvgIpc) is 3.23. The van der Waals surface area contributed by atoms with Gasteiger partial charge < -0.3 is 0 Å². The van der Waals surface area contributed by atoms with Gasteiger partial charge in [0.25, 0.3) is 5.91 Å². The molecule has 0 saturated heterocycles. The van der Waals surface area contributed by atoms with Crippen LogP contribution in [-0.4, -0.2) is 32.6 Å². The number of hydrazone groups is 1. The van der Waals surface area contributed by atoms with Gasteiger partial charge in [-0.05, 0) is 61.0 Å². The Morgan fingerprint density at radius 3 is 2.42 bits per heavy atom. The highest BCUT2D eigenvalue weighted by atomic mass is 35.5. The van der Waals surface area contributed by atoms with Crippen molar-refractivity contribution in [1.29, 1.82) is 0 Å². The van der Waals surface area contributed by atoms with Gasteiger partial charge in [0.2, 0.25) is 0 Å². The normalized spacial score (nSPS) is 11.1. The minimum Gasteiger partial charge on any atom is -0.272 e. The molecule has 0 aliphatic carbocycles. The van der Waals surface area contributed by atoms with Gasteiger partial charge in [-0.1, -0.05) is 64.8 Å². The Labute approximate surface area is 205 Å². The van der Waals surface area contributed by atoms with Crippen LogP contribution in [0.1, 0.15) is 11.1 Å². The Morgan fingerprint density at radius 2 is 1.73 bits per heavy atom. The van der Waals surface area contributed by atoms with E-state index in [0.29, 0.717) is 21.0 Å². The molecule has 0 atom stereocenters. The summed E-state index contributed by atoms with van der Waals surface area (Å²) in [7, 11) is 0. The number of amides is 1. The van der Waals surface area contributed by atoms with Crippen LogP contribution in [0.2, 0.25) is 10.0 Å². The second kappa shape index (κ2) is 10.7. The summed E-state index contributed by atoms with van der Waals surface area (Å²) < 4.78 is 1.88. The smallest absolute Gasteiger partial charge is 0.250 e. The summed E-state index contributed by atoms with van der Waals surface area (Å²) >= 11 is 13.4. The van der Waals surface area contributed by atoms with E-state index < -0.39 is 0 Å². The third kappa shape index (κ3) is 6.01. The minimum atomic E-state index is -0.248. The monoisotopic (exact) mass is 495 g/mol. The van der Waals surface area contributed by atoms with Crippen molar-refractivity contribution >= 4 is 47.1 Å². The third-order valence-corrected chi connectivity index (χ3v) is 6.03. The van der Waals surface area contributed by atoms with Crippen LogP contribution in [0.4, 0.5) is 0 Å². The molecular formula is C24H19Cl2N5OS. The molecule has 0 saturated carbocycles. The first-order valence-corrected chi connectivity index (χ1v) is 11.7. The van der Waals surface area contributed by atoms with E-state index >= 15 is 0 Å². The molecule has 0 unspecified atom stereocenters. The van der Waals surface area contributed by atoms with Crippen LogP contribution < -0.4 is 5.43 Å². The maximum absolute atomic E-state index is 12.3. The Kier molecular flexibility index (Phi) is 7.44. The number of carbonyl (C=O) groups is 1. The van der Waals surface area contributed by atoms with Crippen molar-refractivity contribution in [3.63, 3.8) is 0 Å². The molecule has 0 spiro atoms. The van der Waals surface area contributed by atoms with Crippen molar-refractivity contribution in [3.05, 3.63) is 94.0 Å². The van der Waals surface area contributed by atoms with E-state index in [2.05, 4.69) is 20.7 Å². The van der Waals surface area contributed by atoms with Gasteiger partial charge in [0, 0.05) is 21.3 Å². The molecule has 0 aliphatic rings. The zero-order valence-electron chi connectivity index (χ0n) is 17.6. The lowest BCUT2D eigenvalue weighted by Crippen LogP contribution is -2.20. The largest absolute Gasteiger partial charge is 0.272 e. The molecule has 1 aromatic heterocycles. The zero-order chi connectivity index (χ0) is 23.2. The second-order valence-electron chi connectivity index (χ2n) is 7.12. The molecule has 4 aromatic rings. The van der Waals surface area contributed by atoms with Crippen molar-refractivity contribution in [1.82, 2.24) is 20.2 Å². The van der Waals surface area contributed by atoms with Crippen molar-refractivity contribution in [2.45, 2.75) is 12.1 Å². The second-order valence-corrected chi connectivity index (χ2v) is 8.94. The number of hydrogen-bond acceptors (Lipinski definition) is 5. The molecule has 166 valence electrons. The topological polar surface area (TPSA) is 72.2 Å². The van der Waals surface area contributed by atoms with Crippen LogP contribution in [0.5, 0.6) is 0 Å². The van der Waals surface area contributed by atoms with Crippen LogP contribution in [-0.2, 0) is 4.79 Å². The third-order valence-electron chi connectivity index (χ3n) is 4.60. The van der Waals surface area contributed by atoms with E-state index in [1.165, 1.54) is 11.8 Å². The molecule has 6 nitrogen and oxygen atoms in total. The fourth-order valence-electron chi connectivity index (χ4n) is 3.06. The van der Waals surface area contributed by atoms with E-state index in [4.69, 9.17) is 23.2 Å². The predicted octanol–water partition coefficient (Wildman–Crippen LogP) is 5.79. The number of aryl methyl sites for hydroxylation is 1. The van der Waals surface area contributed by atoms with E-state index in [1.54, 1.807) is 30.5 Å². The Morgan fingerprint density at radius 1 is 1.03 bits per heavy atom. The summed E-state index contributed by atoms with van der Waals surface area (Å²) in [6.45, 7) is 2.00. The molecule has 0 aliphatic heterocycles. The van der Waals surface area contributed by atoms with E-state index in [-0.39, 0.29) is 11.7 Å². The van der Waals surface area contributed by atoms with Gasteiger partial charge in [-0.15, -0.1) is 10.2 Å². The predicted molar refractivity (Wildman–Crippen MR) is 134 cm³/mol. The van der Waals surface area contributed by atoms with Gasteiger partial charge in [-0.25, -0.2) is 5.43 Å². The Balaban J connectivity index is 1.51. The maximum atomic E-state index is 12.3. The van der Waals surface area contributed by atoms with Gasteiger partial charge in [0.15, 0.2) is 11.0 Å². The van der Waals surface area contributed by atoms with Crippen LogP contribution in [0.3, 0.4) is 0 Å². The number of benzene rings is 3. The maximum Gasteiger partial charge on any atom is 0.250 e. The lowest BCUT2D eigenvalue weighted by Gasteiger charge is -2.10. The Bertz CT molecular complexity index is 1290. The van der Waals surface area contributed by atoms with Crippen molar-refractivity contribution < 1.29 is 4.79 Å². The van der Waals surface area contributed by atoms with Crippen molar-refractivity contribution in [2.75, 3.05) is 5.75 Å². The SMILES string of the molecule is Cc1cccc(/C=N/NC(=O)CSc2nnc(-c3ccc(Cl)cc3)n2-c2ccc(Cl)cc2)c1. The molecule has 1 heterocycles. The summed E-state index contributed by atoms with van der Waals surface area (Å²) in [6.07, 6.45) is 1.62. The van der Waals surface area contributed by atoms with Gasteiger partial charge in [-0.3, -0.25) is 9.36 Å². The van der Waals surface area contributed by atoms with Gasteiger partial charge in [0.1, 0.15) is 0 Å². The number of nitrogens with one attached hydrogen (secondary N) is 1. The molecule has 9 heteroatoms. The highest BCUT2D eigenvalue weighted by Gasteiger charge is 2.17. The fourth-order valence-corrected chi connectivity index (χ4v) is 4.06. The average molecular weight is 496 g/mol. The molecular weight excluding hydrogens is 477 g/mol. The number of halogens is 2. The molecule has 1 amide bonds. The summed E-state index contributed by atoms with van der Waals surface area (Å²) in [4.78, 5) is 12.3. The summed E-state index contributed by atoms with van der Waals surface area (Å²) in [6, 6.07) is 22.5.